The summed E-state index contributed by atoms with van der Waals surface area (Å²) in [6.45, 7) is 1.77. The topological polar surface area (TPSA) is 69.1 Å². The Labute approximate surface area is 118 Å². The molecule has 0 aliphatic rings. The van der Waals surface area contributed by atoms with E-state index in [1.54, 1.807) is 13.0 Å². The van der Waals surface area contributed by atoms with Crippen LogP contribution in [0.15, 0.2) is 56.5 Å². The van der Waals surface area contributed by atoms with Crippen LogP contribution in [0.3, 0.4) is 0 Å². The SMILES string of the molecule is Cc1occc1[S@@](=O)Cc1nc(-c2ccccc2)no1. The van der Waals surface area contributed by atoms with E-state index < -0.39 is 10.8 Å². The Morgan fingerprint density at radius 1 is 1.20 bits per heavy atom. The van der Waals surface area contributed by atoms with Crippen molar-refractivity contribution in [3.8, 4) is 11.4 Å². The monoisotopic (exact) mass is 288 g/mol. The lowest BCUT2D eigenvalue weighted by molar-refractivity contribution is 0.390. The Morgan fingerprint density at radius 2 is 2.00 bits per heavy atom. The Bertz CT molecular complexity index is 734. The Balaban J connectivity index is 1.78. The van der Waals surface area contributed by atoms with E-state index in [9.17, 15) is 4.21 Å². The molecule has 0 saturated heterocycles. The number of benzene rings is 1. The minimum Gasteiger partial charge on any atom is -0.468 e. The van der Waals surface area contributed by atoms with Crippen LogP contribution in [-0.2, 0) is 16.6 Å². The van der Waals surface area contributed by atoms with E-state index in [1.807, 2.05) is 30.3 Å². The third-order valence-electron chi connectivity index (χ3n) is 2.81. The summed E-state index contributed by atoms with van der Waals surface area (Å²) in [7, 11) is -1.25. The van der Waals surface area contributed by atoms with Gasteiger partial charge in [-0.1, -0.05) is 35.5 Å². The van der Waals surface area contributed by atoms with Crippen LogP contribution < -0.4 is 0 Å². The van der Waals surface area contributed by atoms with Gasteiger partial charge >= 0.3 is 0 Å². The van der Waals surface area contributed by atoms with Gasteiger partial charge in [-0.05, 0) is 13.0 Å². The van der Waals surface area contributed by atoms with Gasteiger partial charge in [0.15, 0.2) is 0 Å². The van der Waals surface area contributed by atoms with Crippen LogP contribution in [0.25, 0.3) is 11.4 Å². The molecule has 0 aliphatic heterocycles. The second-order valence-electron chi connectivity index (χ2n) is 4.21. The molecule has 0 N–H and O–H groups in total. The number of hydrogen-bond donors (Lipinski definition) is 0. The summed E-state index contributed by atoms with van der Waals surface area (Å²) in [6.07, 6.45) is 1.52. The molecule has 0 amide bonds. The van der Waals surface area contributed by atoms with Crippen molar-refractivity contribution in [2.45, 2.75) is 17.6 Å². The van der Waals surface area contributed by atoms with Crippen molar-refractivity contribution in [2.75, 3.05) is 0 Å². The summed E-state index contributed by atoms with van der Waals surface area (Å²) < 4.78 is 22.4. The summed E-state index contributed by atoms with van der Waals surface area (Å²) in [6, 6.07) is 11.2. The van der Waals surface area contributed by atoms with E-state index >= 15 is 0 Å². The molecule has 1 aromatic carbocycles. The van der Waals surface area contributed by atoms with Crippen LogP contribution in [0.1, 0.15) is 11.7 Å². The first kappa shape index (κ1) is 12.8. The highest BCUT2D eigenvalue weighted by atomic mass is 32.2. The number of hydrogen-bond acceptors (Lipinski definition) is 5. The van der Waals surface area contributed by atoms with Crippen LogP contribution in [0.4, 0.5) is 0 Å². The highest BCUT2D eigenvalue weighted by Gasteiger charge is 2.15. The zero-order valence-electron chi connectivity index (χ0n) is 10.8. The Morgan fingerprint density at radius 3 is 2.70 bits per heavy atom. The van der Waals surface area contributed by atoms with Crippen molar-refractivity contribution < 1.29 is 13.1 Å². The highest BCUT2D eigenvalue weighted by Crippen LogP contribution is 2.19. The summed E-state index contributed by atoms with van der Waals surface area (Å²) in [5.74, 6) is 1.68. The maximum atomic E-state index is 12.2. The Hall–Kier alpha value is -2.21. The van der Waals surface area contributed by atoms with Crippen LogP contribution in [0.2, 0.25) is 0 Å². The van der Waals surface area contributed by atoms with E-state index in [4.69, 9.17) is 8.94 Å². The molecular weight excluding hydrogens is 276 g/mol. The normalized spacial score (nSPS) is 12.4. The average molecular weight is 288 g/mol. The smallest absolute Gasteiger partial charge is 0.239 e. The molecule has 2 aromatic heterocycles. The molecule has 2 heterocycles. The van der Waals surface area contributed by atoms with Crippen molar-refractivity contribution in [1.29, 1.82) is 0 Å². The predicted octanol–water partition coefficient (Wildman–Crippen LogP) is 2.95. The van der Waals surface area contributed by atoms with Gasteiger partial charge in [0.05, 0.1) is 22.0 Å². The molecule has 102 valence electrons. The minimum atomic E-state index is -1.25. The largest absolute Gasteiger partial charge is 0.468 e. The van der Waals surface area contributed by atoms with Crippen molar-refractivity contribution in [1.82, 2.24) is 10.1 Å². The van der Waals surface area contributed by atoms with E-state index in [0.717, 1.165) is 5.56 Å². The molecule has 20 heavy (non-hydrogen) atoms. The fraction of sp³-hybridized carbons (Fsp3) is 0.143. The van der Waals surface area contributed by atoms with Gasteiger partial charge < -0.3 is 8.94 Å². The number of nitrogens with zero attached hydrogens (tertiary/aromatic N) is 2. The van der Waals surface area contributed by atoms with E-state index in [1.165, 1.54) is 6.26 Å². The Kier molecular flexibility index (Phi) is 3.47. The standard InChI is InChI=1S/C14H12N2O3S/c1-10-12(7-8-18-10)20(17)9-13-15-14(16-19-13)11-5-3-2-4-6-11/h2-8H,9H2,1H3/t20-/m0/s1. The maximum absolute atomic E-state index is 12.2. The zero-order chi connectivity index (χ0) is 13.9. The lowest BCUT2D eigenvalue weighted by Gasteiger charge is -1.95. The molecule has 0 spiro atoms. The molecule has 3 aromatic rings. The first-order valence-corrected chi connectivity index (χ1v) is 7.36. The number of rotatable bonds is 4. The lowest BCUT2D eigenvalue weighted by atomic mass is 10.2. The van der Waals surface area contributed by atoms with Gasteiger partial charge in [-0.25, -0.2) is 0 Å². The van der Waals surface area contributed by atoms with Gasteiger partial charge in [-0.2, -0.15) is 4.98 Å². The van der Waals surface area contributed by atoms with E-state index in [-0.39, 0.29) is 5.75 Å². The predicted molar refractivity (Wildman–Crippen MR) is 73.3 cm³/mol. The van der Waals surface area contributed by atoms with Gasteiger partial charge in [-0.15, -0.1) is 0 Å². The quantitative estimate of drug-likeness (QED) is 0.738. The molecule has 3 rings (SSSR count). The molecule has 0 fully saturated rings. The third-order valence-corrected chi connectivity index (χ3v) is 4.23. The lowest BCUT2D eigenvalue weighted by Crippen LogP contribution is -1.97. The molecule has 5 nitrogen and oxygen atoms in total. The second-order valence-corrected chi connectivity index (χ2v) is 5.63. The third kappa shape index (κ3) is 2.55. The first-order chi connectivity index (χ1) is 9.74. The molecular formula is C14H12N2O3S. The van der Waals surface area contributed by atoms with Gasteiger partial charge in [0.2, 0.25) is 11.7 Å². The fourth-order valence-corrected chi connectivity index (χ4v) is 2.89. The van der Waals surface area contributed by atoms with Crippen LogP contribution in [-0.4, -0.2) is 14.3 Å². The number of furan rings is 1. The molecule has 1 atom stereocenters. The van der Waals surface area contributed by atoms with Crippen molar-refractivity contribution in [2.24, 2.45) is 0 Å². The first-order valence-electron chi connectivity index (χ1n) is 6.04. The summed E-state index contributed by atoms with van der Waals surface area (Å²) in [4.78, 5) is 4.92. The summed E-state index contributed by atoms with van der Waals surface area (Å²) in [5, 5.41) is 3.90. The van der Waals surface area contributed by atoms with Gasteiger partial charge in [-0.3, -0.25) is 4.21 Å². The maximum Gasteiger partial charge on any atom is 0.239 e. The zero-order valence-corrected chi connectivity index (χ0v) is 11.6. The summed E-state index contributed by atoms with van der Waals surface area (Å²) in [5.41, 5.74) is 0.868. The van der Waals surface area contributed by atoms with E-state index in [2.05, 4.69) is 10.1 Å². The molecule has 0 aliphatic carbocycles. The molecule has 0 radical (unpaired) electrons. The molecule has 0 bridgehead atoms. The fourth-order valence-electron chi connectivity index (χ4n) is 1.82. The van der Waals surface area contributed by atoms with Gasteiger partial charge in [0.1, 0.15) is 11.5 Å². The molecule has 6 heteroatoms. The second kappa shape index (κ2) is 5.42. The van der Waals surface area contributed by atoms with Crippen LogP contribution >= 0.6 is 0 Å². The number of aryl methyl sites for hydroxylation is 1. The van der Waals surface area contributed by atoms with Crippen molar-refractivity contribution in [3.63, 3.8) is 0 Å². The van der Waals surface area contributed by atoms with Crippen molar-refractivity contribution in [3.05, 3.63) is 54.3 Å². The minimum absolute atomic E-state index is 0.181. The van der Waals surface area contributed by atoms with Gasteiger partial charge in [0, 0.05) is 5.56 Å². The van der Waals surface area contributed by atoms with Gasteiger partial charge in [0.25, 0.3) is 0 Å². The van der Waals surface area contributed by atoms with Crippen LogP contribution in [0, 0.1) is 6.92 Å². The van der Waals surface area contributed by atoms with Crippen molar-refractivity contribution >= 4 is 10.8 Å². The number of aromatic nitrogens is 2. The molecule has 0 unspecified atom stereocenters. The average Bonchev–Trinajstić information content (AvgIpc) is 3.09. The molecule has 0 saturated carbocycles. The van der Waals surface area contributed by atoms with E-state index in [0.29, 0.717) is 22.4 Å². The summed E-state index contributed by atoms with van der Waals surface area (Å²) >= 11 is 0. The highest BCUT2D eigenvalue weighted by molar-refractivity contribution is 7.84. The van der Waals surface area contributed by atoms with Crippen LogP contribution in [0.5, 0.6) is 0 Å².